The fourth-order valence-electron chi connectivity index (χ4n) is 4.47. The molecular weight excluding hydrogens is 271 g/mol. The summed E-state index contributed by atoms with van der Waals surface area (Å²) >= 11 is 0. The van der Waals surface area contributed by atoms with Crippen molar-refractivity contribution < 1.29 is 24.6 Å². The average molecular weight is 300 g/mol. The predicted molar refractivity (Wildman–Crippen MR) is 80.2 cm³/mol. The van der Waals surface area contributed by atoms with E-state index >= 15 is 0 Å². The van der Waals surface area contributed by atoms with Crippen molar-refractivity contribution in [2.45, 2.75) is 70.6 Å². The Labute approximate surface area is 128 Å². The largest absolute Gasteiger partial charge is 0.454 e. The van der Waals surface area contributed by atoms with E-state index in [2.05, 4.69) is 27.7 Å². The Morgan fingerprint density at radius 2 is 1.71 bits per heavy atom. The van der Waals surface area contributed by atoms with Crippen LogP contribution in [-0.4, -0.2) is 35.7 Å². The smallest absolute Gasteiger partial charge is 0.427 e. The number of ether oxygens (including phenoxy) is 1. The van der Waals surface area contributed by atoms with E-state index in [-0.39, 0.29) is 23.6 Å². The van der Waals surface area contributed by atoms with Gasteiger partial charge in [0.25, 0.3) is 0 Å². The van der Waals surface area contributed by atoms with Gasteiger partial charge >= 0.3 is 7.12 Å². The van der Waals surface area contributed by atoms with Crippen molar-refractivity contribution in [3.8, 4) is 0 Å². The summed E-state index contributed by atoms with van der Waals surface area (Å²) in [7, 11) is 0.399. The van der Waals surface area contributed by atoms with Crippen molar-refractivity contribution >= 4 is 7.12 Å². The molecule has 0 spiro atoms. The van der Waals surface area contributed by atoms with Gasteiger partial charge in [0.1, 0.15) is 0 Å². The highest BCUT2D eigenvalue weighted by Gasteiger charge is 2.71. The van der Waals surface area contributed by atoms with Gasteiger partial charge < -0.3 is 14.8 Å². The van der Waals surface area contributed by atoms with Crippen LogP contribution in [-0.2, 0) is 14.5 Å². The van der Waals surface area contributed by atoms with Crippen LogP contribution in [0.3, 0.4) is 0 Å². The Balaban J connectivity index is 2.29. The average Bonchev–Trinajstić information content (AvgIpc) is 2.38. The van der Waals surface area contributed by atoms with E-state index in [1.165, 1.54) is 0 Å². The molecule has 0 radical (unpaired) electrons. The fraction of sp³-hybridized carbons (Fsp3) is 1.00. The molecule has 122 valence electrons. The molecule has 2 rings (SSSR count). The molecule has 0 aromatic heterocycles. The molecule has 2 N–H and O–H groups in total. The van der Waals surface area contributed by atoms with E-state index in [0.29, 0.717) is 6.42 Å². The maximum Gasteiger partial charge on any atom is 0.454 e. The van der Waals surface area contributed by atoms with Crippen LogP contribution >= 0.6 is 0 Å². The number of rotatable bonds is 5. The Morgan fingerprint density at radius 3 is 2.10 bits per heavy atom. The third-order valence-corrected chi connectivity index (χ3v) is 5.54. The molecule has 3 unspecified atom stereocenters. The van der Waals surface area contributed by atoms with Crippen molar-refractivity contribution in [3.05, 3.63) is 0 Å². The molecule has 1 heterocycles. The zero-order valence-corrected chi connectivity index (χ0v) is 13.8. The van der Waals surface area contributed by atoms with Crippen molar-refractivity contribution in [1.29, 1.82) is 0 Å². The van der Waals surface area contributed by atoms with Gasteiger partial charge in [0.2, 0.25) is 5.79 Å². The molecule has 5 nitrogen and oxygen atoms in total. The van der Waals surface area contributed by atoms with E-state index in [4.69, 9.17) is 14.5 Å². The van der Waals surface area contributed by atoms with Crippen LogP contribution < -0.4 is 0 Å². The Bertz CT molecular complexity index is 348. The normalized spacial score (nSPS) is 35.9. The van der Waals surface area contributed by atoms with Crippen LogP contribution in [0, 0.1) is 17.8 Å². The van der Waals surface area contributed by atoms with Gasteiger partial charge in [0.15, 0.2) is 5.60 Å². The summed E-state index contributed by atoms with van der Waals surface area (Å²) in [4.78, 5) is 11.2. The summed E-state index contributed by atoms with van der Waals surface area (Å²) < 4.78 is 5.87. The lowest BCUT2D eigenvalue weighted by Gasteiger charge is -2.62. The van der Waals surface area contributed by atoms with Gasteiger partial charge in [-0.1, -0.05) is 40.5 Å². The van der Waals surface area contributed by atoms with E-state index < -0.39 is 18.5 Å². The van der Waals surface area contributed by atoms with E-state index in [1.807, 2.05) is 0 Å². The molecule has 1 saturated carbocycles. The molecule has 3 atom stereocenters. The van der Waals surface area contributed by atoms with Crippen molar-refractivity contribution in [2.75, 3.05) is 7.11 Å². The van der Waals surface area contributed by atoms with E-state index in [0.717, 1.165) is 19.3 Å². The lowest BCUT2D eigenvalue weighted by Crippen LogP contribution is -2.76. The molecule has 1 aliphatic carbocycles. The van der Waals surface area contributed by atoms with Crippen molar-refractivity contribution in [3.63, 3.8) is 0 Å². The highest BCUT2D eigenvalue weighted by atomic mass is 17.3. The second-order valence-electron chi connectivity index (χ2n) is 7.18. The minimum Gasteiger partial charge on any atom is -0.427 e. The summed E-state index contributed by atoms with van der Waals surface area (Å²) in [5.74, 6) is -0.307. The maximum atomic E-state index is 9.52. The summed E-state index contributed by atoms with van der Waals surface area (Å²) in [6, 6.07) is 0. The molecule has 2 aliphatic rings. The summed E-state index contributed by atoms with van der Waals surface area (Å²) in [5.41, 5.74) is -0.491. The van der Waals surface area contributed by atoms with Gasteiger partial charge in [0.05, 0.1) is 0 Å². The second-order valence-corrected chi connectivity index (χ2v) is 7.18. The lowest BCUT2D eigenvalue weighted by molar-refractivity contribution is -0.636. The zero-order valence-electron chi connectivity index (χ0n) is 13.8. The fourth-order valence-corrected chi connectivity index (χ4v) is 4.47. The summed E-state index contributed by atoms with van der Waals surface area (Å²) in [5, 5.41) is 19.0. The van der Waals surface area contributed by atoms with Crippen LogP contribution in [0.2, 0.25) is 5.82 Å². The van der Waals surface area contributed by atoms with Crippen molar-refractivity contribution in [1.82, 2.24) is 0 Å². The van der Waals surface area contributed by atoms with Gasteiger partial charge in [-0.2, -0.15) is 4.89 Å². The number of methoxy groups -OCH3 is 1. The molecular formula is C15H29BO5. The van der Waals surface area contributed by atoms with Gasteiger partial charge in [-0.15, -0.1) is 0 Å². The molecule has 0 bridgehead atoms. The second kappa shape index (κ2) is 6.16. The van der Waals surface area contributed by atoms with Crippen molar-refractivity contribution in [2.24, 2.45) is 17.8 Å². The molecule has 0 amide bonds. The number of hydrogen-bond acceptors (Lipinski definition) is 5. The first kappa shape index (κ1) is 17.2. The molecule has 0 aromatic carbocycles. The Morgan fingerprint density at radius 1 is 1.10 bits per heavy atom. The quantitative estimate of drug-likeness (QED) is 0.602. The van der Waals surface area contributed by atoms with Crippen LogP contribution in [0.25, 0.3) is 0 Å². The molecule has 2 fully saturated rings. The SMILES string of the molecule is COC1(C2CCCC(B(O)O)C2)OOC1(C(C)C)C(C)C. The molecule has 21 heavy (non-hydrogen) atoms. The lowest BCUT2D eigenvalue weighted by atomic mass is 9.57. The standard InChI is InChI=1S/C15H29BO5/c1-10(2)14(11(3)4)15(19-5,21-20-14)12-7-6-8-13(9-12)16(17)18/h10-13,17-18H,6-9H2,1-5H3. The Kier molecular flexibility index (Phi) is 5.06. The van der Waals surface area contributed by atoms with Crippen LogP contribution in [0.15, 0.2) is 0 Å². The number of hydrogen-bond donors (Lipinski definition) is 2. The molecule has 1 aliphatic heterocycles. The first-order chi connectivity index (χ1) is 9.81. The minimum atomic E-state index is -1.27. The maximum absolute atomic E-state index is 9.52. The van der Waals surface area contributed by atoms with E-state index in [9.17, 15) is 10.0 Å². The Hall–Kier alpha value is -0.135. The molecule has 0 aromatic rings. The first-order valence-corrected chi connectivity index (χ1v) is 8.10. The van der Waals surface area contributed by atoms with Gasteiger partial charge in [-0.3, -0.25) is 0 Å². The predicted octanol–water partition coefficient (Wildman–Crippen LogP) is 2.37. The van der Waals surface area contributed by atoms with Gasteiger partial charge in [-0.25, -0.2) is 4.89 Å². The molecule has 1 saturated heterocycles. The molecule has 6 heteroatoms. The van der Waals surface area contributed by atoms with Crippen LogP contribution in [0.5, 0.6) is 0 Å². The van der Waals surface area contributed by atoms with Gasteiger partial charge in [-0.05, 0) is 30.5 Å². The zero-order chi connectivity index (χ0) is 15.8. The topological polar surface area (TPSA) is 68.2 Å². The van der Waals surface area contributed by atoms with Crippen LogP contribution in [0.1, 0.15) is 53.4 Å². The third kappa shape index (κ3) is 2.45. The van der Waals surface area contributed by atoms with Crippen LogP contribution in [0.4, 0.5) is 0 Å². The van der Waals surface area contributed by atoms with Gasteiger partial charge in [0, 0.05) is 13.0 Å². The van der Waals surface area contributed by atoms with E-state index in [1.54, 1.807) is 7.11 Å². The third-order valence-electron chi connectivity index (χ3n) is 5.54. The monoisotopic (exact) mass is 300 g/mol. The summed E-state index contributed by atoms with van der Waals surface area (Å²) in [6.45, 7) is 8.49. The highest BCUT2D eigenvalue weighted by Crippen LogP contribution is 2.58. The summed E-state index contributed by atoms with van der Waals surface area (Å²) in [6.07, 6.45) is 3.44. The first-order valence-electron chi connectivity index (χ1n) is 8.10. The minimum absolute atomic E-state index is 0.113. The highest BCUT2D eigenvalue weighted by molar-refractivity contribution is 6.43.